The van der Waals surface area contributed by atoms with Crippen LogP contribution >= 0.6 is 11.6 Å². The average molecular weight is 293 g/mol. The van der Waals surface area contributed by atoms with E-state index in [1.54, 1.807) is 18.3 Å². The van der Waals surface area contributed by atoms with Crippen LogP contribution in [0.15, 0.2) is 36.7 Å². The fourth-order valence-electron chi connectivity index (χ4n) is 2.35. The van der Waals surface area contributed by atoms with E-state index in [0.717, 1.165) is 17.7 Å². The third kappa shape index (κ3) is 3.35. The molecule has 106 valence electrons. The van der Waals surface area contributed by atoms with E-state index in [9.17, 15) is 4.39 Å². The van der Waals surface area contributed by atoms with Crippen LogP contribution in [-0.4, -0.2) is 11.5 Å². The van der Waals surface area contributed by atoms with E-state index < -0.39 is 0 Å². The molecule has 0 spiro atoms. The van der Waals surface area contributed by atoms with Crippen molar-refractivity contribution in [3.8, 4) is 0 Å². The summed E-state index contributed by atoms with van der Waals surface area (Å²) in [7, 11) is 0. The van der Waals surface area contributed by atoms with Gasteiger partial charge in [0.1, 0.15) is 5.82 Å². The average Bonchev–Trinajstić information content (AvgIpc) is 2.43. The van der Waals surface area contributed by atoms with Crippen LogP contribution in [-0.2, 0) is 6.42 Å². The second-order valence-corrected chi connectivity index (χ2v) is 5.15. The van der Waals surface area contributed by atoms with Crippen LogP contribution in [0.1, 0.15) is 29.7 Å². The molecule has 0 aliphatic rings. The number of nitrogens with zero attached hydrogens (tertiary/aromatic N) is 1. The van der Waals surface area contributed by atoms with Gasteiger partial charge in [0.15, 0.2) is 0 Å². The molecule has 2 aromatic rings. The Hall–Kier alpha value is -1.45. The standard InChI is InChI=1S/C16H18ClFN2/c1-3-20-16(12-7-8-19-10-11(12)2)9-13-14(17)5-4-6-15(13)18/h4-8,10,16,20H,3,9H2,1-2H3. The molecule has 0 aliphatic heterocycles. The molecule has 0 saturated carbocycles. The Bertz CT molecular complexity index is 566. The van der Waals surface area contributed by atoms with Crippen LogP contribution in [0.2, 0.25) is 5.02 Å². The molecule has 0 amide bonds. The minimum absolute atomic E-state index is 0.0254. The van der Waals surface area contributed by atoms with Crippen molar-refractivity contribution in [3.05, 3.63) is 64.2 Å². The van der Waals surface area contributed by atoms with Gasteiger partial charge >= 0.3 is 0 Å². The topological polar surface area (TPSA) is 24.9 Å². The number of benzene rings is 1. The number of hydrogen-bond acceptors (Lipinski definition) is 2. The highest BCUT2D eigenvalue weighted by molar-refractivity contribution is 6.31. The maximum Gasteiger partial charge on any atom is 0.127 e. The minimum atomic E-state index is -0.257. The van der Waals surface area contributed by atoms with Crippen molar-refractivity contribution in [1.29, 1.82) is 0 Å². The van der Waals surface area contributed by atoms with E-state index in [0.29, 0.717) is 17.0 Å². The molecule has 0 saturated heterocycles. The summed E-state index contributed by atoms with van der Waals surface area (Å²) >= 11 is 6.12. The molecule has 0 aliphatic carbocycles. The van der Waals surface area contributed by atoms with Crippen molar-refractivity contribution >= 4 is 11.6 Å². The zero-order valence-corrected chi connectivity index (χ0v) is 12.4. The van der Waals surface area contributed by atoms with Crippen LogP contribution in [0.3, 0.4) is 0 Å². The summed E-state index contributed by atoms with van der Waals surface area (Å²) in [4.78, 5) is 4.10. The number of pyridine rings is 1. The molecule has 1 atom stereocenters. The monoisotopic (exact) mass is 292 g/mol. The second kappa shape index (κ2) is 6.82. The summed E-state index contributed by atoms with van der Waals surface area (Å²) in [5.74, 6) is -0.257. The fourth-order valence-corrected chi connectivity index (χ4v) is 2.59. The van der Waals surface area contributed by atoms with Crippen LogP contribution in [0, 0.1) is 12.7 Å². The lowest BCUT2D eigenvalue weighted by Crippen LogP contribution is -2.24. The lowest BCUT2D eigenvalue weighted by Gasteiger charge is -2.21. The number of likely N-dealkylation sites (N-methyl/N-ethyl adjacent to an activating group) is 1. The maximum atomic E-state index is 13.9. The Kier molecular flexibility index (Phi) is 5.10. The van der Waals surface area contributed by atoms with Crippen molar-refractivity contribution < 1.29 is 4.39 Å². The highest BCUT2D eigenvalue weighted by atomic mass is 35.5. The van der Waals surface area contributed by atoms with E-state index in [1.807, 2.05) is 26.1 Å². The molecule has 0 bridgehead atoms. The molecule has 0 fully saturated rings. The molecule has 0 radical (unpaired) electrons. The van der Waals surface area contributed by atoms with Gasteiger partial charge in [0.2, 0.25) is 0 Å². The van der Waals surface area contributed by atoms with Gasteiger partial charge < -0.3 is 5.32 Å². The molecule has 1 heterocycles. The third-order valence-electron chi connectivity index (χ3n) is 3.36. The van der Waals surface area contributed by atoms with Gasteiger partial charge in [-0.3, -0.25) is 4.98 Å². The van der Waals surface area contributed by atoms with Crippen molar-refractivity contribution in [1.82, 2.24) is 10.3 Å². The van der Waals surface area contributed by atoms with Crippen molar-refractivity contribution in [2.45, 2.75) is 26.3 Å². The Labute approximate surface area is 124 Å². The molecular formula is C16H18ClFN2. The van der Waals surface area contributed by atoms with Crippen LogP contribution in [0.25, 0.3) is 0 Å². The summed E-state index contributed by atoms with van der Waals surface area (Å²) in [6, 6.07) is 6.79. The van der Waals surface area contributed by atoms with Crippen LogP contribution in [0.4, 0.5) is 4.39 Å². The van der Waals surface area contributed by atoms with Crippen molar-refractivity contribution in [3.63, 3.8) is 0 Å². The SMILES string of the molecule is CCNC(Cc1c(F)cccc1Cl)c1ccncc1C. The molecule has 1 N–H and O–H groups in total. The highest BCUT2D eigenvalue weighted by Gasteiger charge is 2.17. The number of aryl methyl sites for hydroxylation is 1. The van der Waals surface area contributed by atoms with E-state index in [-0.39, 0.29) is 11.9 Å². The fraction of sp³-hybridized carbons (Fsp3) is 0.312. The molecule has 2 nitrogen and oxygen atoms in total. The normalized spacial score (nSPS) is 12.4. The molecule has 1 aromatic heterocycles. The summed E-state index contributed by atoms with van der Waals surface area (Å²) < 4.78 is 13.9. The highest BCUT2D eigenvalue weighted by Crippen LogP contribution is 2.27. The number of nitrogens with one attached hydrogen (secondary N) is 1. The third-order valence-corrected chi connectivity index (χ3v) is 3.71. The molecule has 4 heteroatoms. The summed E-state index contributed by atoms with van der Waals surface area (Å²) in [5, 5.41) is 3.86. The van der Waals surface area contributed by atoms with E-state index >= 15 is 0 Å². The number of rotatable bonds is 5. The Morgan fingerprint density at radius 1 is 1.35 bits per heavy atom. The number of halogens is 2. The maximum absolute atomic E-state index is 13.9. The molecule has 1 aromatic carbocycles. The first kappa shape index (κ1) is 14.9. The zero-order valence-electron chi connectivity index (χ0n) is 11.7. The van der Waals surface area contributed by atoms with E-state index in [4.69, 9.17) is 11.6 Å². The summed E-state index contributed by atoms with van der Waals surface area (Å²) in [5.41, 5.74) is 2.77. The van der Waals surface area contributed by atoms with E-state index in [2.05, 4.69) is 10.3 Å². The van der Waals surface area contributed by atoms with Gasteiger partial charge in [0.05, 0.1) is 0 Å². The lowest BCUT2D eigenvalue weighted by molar-refractivity contribution is 0.526. The molecule has 1 unspecified atom stereocenters. The quantitative estimate of drug-likeness (QED) is 0.898. The molecular weight excluding hydrogens is 275 g/mol. The van der Waals surface area contributed by atoms with E-state index in [1.165, 1.54) is 6.07 Å². The summed E-state index contributed by atoms with van der Waals surface area (Å²) in [6.45, 7) is 4.85. The van der Waals surface area contributed by atoms with Gasteiger partial charge in [-0.15, -0.1) is 0 Å². The first-order valence-corrected chi connectivity index (χ1v) is 7.08. The smallest absolute Gasteiger partial charge is 0.127 e. The predicted molar refractivity (Wildman–Crippen MR) is 80.5 cm³/mol. The second-order valence-electron chi connectivity index (χ2n) is 4.75. The first-order valence-electron chi connectivity index (χ1n) is 6.70. The largest absolute Gasteiger partial charge is 0.310 e. The van der Waals surface area contributed by atoms with Crippen LogP contribution < -0.4 is 5.32 Å². The predicted octanol–water partition coefficient (Wildman–Crippen LogP) is 4.08. The lowest BCUT2D eigenvalue weighted by atomic mass is 9.96. The first-order chi connectivity index (χ1) is 9.63. The van der Waals surface area contributed by atoms with Gasteiger partial charge in [0.25, 0.3) is 0 Å². The van der Waals surface area contributed by atoms with Gasteiger partial charge in [-0.05, 0) is 49.2 Å². The summed E-state index contributed by atoms with van der Waals surface area (Å²) in [6.07, 6.45) is 4.10. The minimum Gasteiger partial charge on any atom is -0.310 e. The van der Waals surface area contributed by atoms with Crippen molar-refractivity contribution in [2.75, 3.05) is 6.54 Å². The van der Waals surface area contributed by atoms with Gasteiger partial charge in [-0.1, -0.05) is 24.6 Å². The van der Waals surface area contributed by atoms with Crippen LogP contribution in [0.5, 0.6) is 0 Å². The van der Waals surface area contributed by atoms with Crippen molar-refractivity contribution in [2.24, 2.45) is 0 Å². The number of aromatic nitrogens is 1. The molecule has 2 rings (SSSR count). The Balaban J connectivity index is 2.33. The Morgan fingerprint density at radius 2 is 2.15 bits per heavy atom. The zero-order chi connectivity index (χ0) is 14.5. The molecule has 20 heavy (non-hydrogen) atoms. The van der Waals surface area contributed by atoms with Gasteiger partial charge in [-0.2, -0.15) is 0 Å². The van der Waals surface area contributed by atoms with Gasteiger partial charge in [-0.25, -0.2) is 4.39 Å². The Morgan fingerprint density at radius 3 is 2.80 bits per heavy atom. The number of hydrogen-bond donors (Lipinski definition) is 1. The van der Waals surface area contributed by atoms with Gasteiger partial charge in [0, 0.05) is 29.0 Å².